The predicted molar refractivity (Wildman–Crippen MR) is 100 cm³/mol. The van der Waals surface area contributed by atoms with E-state index in [0.29, 0.717) is 13.2 Å². The molecule has 0 saturated carbocycles. The van der Waals surface area contributed by atoms with E-state index in [9.17, 15) is 0 Å². The average molecular weight is 341 g/mol. The van der Waals surface area contributed by atoms with E-state index in [0.717, 1.165) is 23.4 Å². The van der Waals surface area contributed by atoms with Gasteiger partial charge in [-0.2, -0.15) is 0 Å². The highest BCUT2D eigenvalue weighted by Gasteiger charge is 2.28. The van der Waals surface area contributed by atoms with Crippen LogP contribution in [0.2, 0.25) is 0 Å². The van der Waals surface area contributed by atoms with Crippen molar-refractivity contribution in [1.82, 2.24) is 0 Å². The van der Waals surface area contributed by atoms with Gasteiger partial charge in [-0.05, 0) is 31.5 Å². The maximum absolute atomic E-state index is 5.77. The van der Waals surface area contributed by atoms with Crippen molar-refractivity contribution >= 4 is 23.2 Å². The molecule has 0 bridgehead atoms. The molecule has 0 spiro atoms. The molecular formula is C20H23NO2S. The average Bonchev–Trinajstić information content (AvgIpc) is 2.62. The Balaban J connectivity index is 1.91. The molecule has 0 saturated heterocycles. The Morgan fingerprint density at radius 2 is 1.62 bits per heavy atom. The Labute approximate surface area is 148 Å². The summed E-state index contributed by atoms with van der Waals surface area (Å²) in [5, 5.41) is 0.213. The first-order valence-corrected chi connectivity index (χ1v) is 9.32. The van der Waals surface area contributed by atoms with E-state index in [1.54, 1.807) is 0 Å². The van der Waals surface area contributed by atoms with Gasteiger partial charge in [0.1, 0.15) is 0 Å². The molecular weight excluding hydrogens is 318 g/mol. The number of nitrogens with zero attached hydrogens (tertiary/aromatic N) is 1. The highest BCUT2D eigenvalue weighted by Crippen LogP contribution is 2.40. The Morgan fingerprint density at radius 1 is 0.958 bits per heavy atom. The van der Waals surface area contributed by atoms with E-state index < -0.39 is 0 Å². The standard InChI is InChI=1S/C20H23NO2S/c1-3-22-19(23-4-2)14-18-20(15-10-6-5-7-11-15)21-16-12-8-9-13-17(16)24-18/h5-13,18-19H,3-4,14H2,1-2H3. The van der Waals surface area contributed by atoms with Gasteiger partial charge in [0, 0.05) is 24.5 Å². The number of hydrogen-bond donors (Lipinski definition) is 0. The molecule has 3 nitrogen and oxygen atoms in total. The number of rotatable bonds is 7. The van der Waals surface area contributed by atoms with Crippen LogP contribution >= 0.6 is 11.8 Å². The molecule has 4 heteroatoms. The molecule has 0 fully saturated rings. The zero-order chi connectivity index (χ0) is 16.8. The van der Waals surface area contributed by atoms with E-state index in [1.807, 2.05) is 37.7 Å². The number of thioether (sulfide) groups is 1. The molecule has 2 aromatic rings. The molecule has 0 aliphatic carbocycles. The summed E-state index contributed by atoms with van der Waals surface area (Å²) in [4.78, 5) is 6.17. The largest absolute Gasteiger partial charge is 0.353 e. The summed E-state index contributed by atoms with van der Waals surface area (Å²) in [5.41, 5.74) is 3.31. The van der Waals surface area contributed by atoms with Crippen LogP contribution in [0.15, 0.2) is 64.5 Å². The normalized spacial score (nSPS) is 16.8. The van der Waals surface area contributed by atoms with E-state index in [-0.39, 0.29) is 11.5 Å². The molecule has 1 aliphatic heterocycles. The molecule has 3 rings (SSSR count). The first-order valence-electron chi connectivity index (χ1n) is 8.44. The summed E-state index contributed by atoms with van der Waals surface area (Å²) >= 11 is 1.85. The zero-order valence-electron chi connectivity index (χ0n) is 14.1. The predicted octanol–water partition coefficient (Wildman–Crippen LogP) is 5.07. The SMILES string of the molecule is CCOC(CC1Sc2ccccc2N=C1c1ccccc1)OCC. The third-order valence-electron chi connectivity index (χ3n) is 3.86. The molecule has 126 valence electrons. The number of aliphatic imine (C=N–C) groups is 1. The zero-order valence-corrected chi connectivity index (χ0v) is 15.0. The Hall–Kier alpha value is -1.62. The van der Waals surface area contributed by atoms with Crippen molar-refractivity contribution in [3.63, 3.8) is 0 Å². The number of ether oxygens (including phenoxy) is 2. The Kier molecular flexibility index (Phi) is 6.07. The summed E-state index contributed by atoms with van der Waals surface area (Å²) < 4.78 is 11.5. The molecule has 1 unspecified atom stereocenters. The Morgan fingerprint density at radius 3 is 2.33 bits per heavy atom. The van der Waals surface area contributed by atoms with Crippen molar-refractivity contribution in [3.05, 3.63) is 60.2 Å². The highest BCUT2D eigenvalue weighted by atomic mass is 32.2. The van der Waals surface area contributed by atoms with Crippen molar-refractivity contribution < 1.29 is 9.47 Å². The van der Waals surface area contributed by atoms with Crippen LogP contribution in [-0.4, -0.2) is 30.5 Å². The summed E-state index contributed by atoms with van der Waals surface area (Å²) in [5.74, 6) is 0. The minimum atomic E-state index is -0.198. The van der Waals surface area contributed by atoms with E-state index >= 15 is 0 Å². The molecule has 24 heavy (non-hydrogen) atoms. The van der Waals surface area contributed by atoms with Gasteiger partial charge in [-0.1, -0.05) is 42.5 Å². The molecule has 1 heterocycles. The molecule has 1 atom stereocenters. The summed E-state index contributed by atoms with van der Waals surface area (Å²) in [6.45, 7) is 5.30. The lowest BCUT2D eigenvalue weighted by Gasteiger charge is -2.28. The van der Waals surface area contributed by atoms with Crippen LogP contribution in [0.25, 0.3) is 0 Å². The van der Waals surface area contributed by atoms with Crippen molar-refractivity contribution in [2.75, 3.05) is 13.2 Å². The van der Waals surface area contributed by atoms with E-state index in [4.69, 9.17) is 14.5 Å². The lowest BCUT2D eigenvalue weighted by atomic mass is 10.0. The van der Waals surface area contributed by atoms with Crippen LogP contribution in [0.5, 0.6) is 0 Å². The summed E-state index contributed by atoms with van der Waals surface area (Å²) in [7, 11) is 0. The number of fused-ring (bicyclic) bond motifs is 1. The number of para-hydroxylation sites is 1. The minimum absolute atomic E-state index is 0.198. The van der Waals surface area contributed by atoms with Crippen molar-refractivity contribution in [2.45, 2.75) is 36.7 Å². The fourth-order valence-electron chi connectivity index (χ4n) is 2.81. The maximum atomic E-state index is 5.77. The fraction of sp³-hybridized carbons (Fsp3) is 0.350. The van der Waals surface area contributed by atoms with Gasteiger partial charge >= 0.3 is 0 Å². The molecule has 0 radical (unpaired) electrons. The summed E-state index contributed by atoms with van der Waals surface area (Å²) in [6.07, 6.45) is 0.589. The first kappa shape index (κ1) is 17.2. The van der Waals surface area contributed by atoms with E-state index in [1.165, 1.54) is 4.90 Å². The summed E-state index contributed by atoms with van der Waals surface area (Å²) in [6, 6.07) is 18.7. The molecule has 1 aliphatic rings. The van der Waals surface area contributed by atoms with Gasteiger partial charge in [-0.15, -0.1) is 11.8 Å². The lowest BCUT2D eigenvalue weighted by Crippen LogP contribution is -2.29. The van der Waals surface area contributed by atoms with Crippen LogP contribution in [0.3, 0.4) is 0 Å². The monoisotopic (exact) mass is 341 g/mol. The first-order chi connectivity index (χ1) is 11.8. The number of hydrogen-bond acceptors (Lipinski definition) is 4. The van der Waals surface area contributed by atoms with Gasteiger partial charge in [-0.25, -0.2) is 0 Å². The second-order valence-corrected chi connectivity index (χ2v) is 6.76. The minimum Gasteiger partial charge on any atom is -0.353 e. The third-order valence-corrected chi connectivity index (χ3v) is 5.16. The Bertz CT molecular complexity index is 681. The molecule has 0 N–H and O–H groups in total. The van der Waals surface area contributed by atoms with Crippen molar-refractivity contribution in [2.24, 2.45) is 4.99 Å². The maximum Gasteiger partial charge on any atom is 0.158 e. The van der Waals surface area contributed by atoms with Crippen LogP contribution in [-0.2, 0) is 9.47 Å². The molecule has 0 amide bonds. The smallest absolute Gasteiger partial charge is 0.158 e. The van der Waals surface area contributed by atoms with Gasteiger partial charge in [0.2, 0.25) is 0 Å². The second kappa shape index (κ2) is 8.47. The van der Waals surface area contributed by atoms with Crippen LogP contribution in [0, 0.1) is 0 Å². The van der Waals surface area contributed by atoms with Gasteiger partial charge < -0.3 is 9.47 Å². The third kappa shape index (κ3) is 4.07. The lowest BCUT2D eigenvalue weighted by molar-refractivity contribution is -0.137. The van der Waals surface area contributed by atoms with Crippen molar-refractivity contribution in [1.29, 1.82) is 0 Å². The highest BCUT2D eigenvalue weighted by molar-refractivity contribution is 8.01. The van der Waals surface area contributed by atoms with Gasteiger partial charge in [0.05, 0.1) is 16.6 Å². The fourth-order valence-corrected chi connectivity index (χ4v) is 4.06. The van der Waals surface area contributed by atoms with Gasteiger partial charge in [0.15, 0.2) is 6.29 Å². The quantitative estimate of drug-likeness (QED) is 0.659. The molecule has 0 aromatic heterocycles. The second-order valence-electron chi connectivity index (χ2n) is 5.51. The van der Waals surface area contributed by atoms with Crippen molar-refractivity contribution in [3.8, 4) is 0 Å². The van der Waals surface area contributed by atoms with Crippen LogP contribution in [0.1, 0.15) is 25.8 Å². The van der Waals surface area contributed by atoms with Crippen LogP contribution < -0.4 is 0 Å². The molecule has 2 aromatic carbocycles. The van der Waals surface area contributed by atoms with Gasteiger partial charge in [-0.3, -0.25) is 4.99 Å². The van der Waals surface area contributed by atoms with E-state index in [2.05, 4.69) is 42.5 Å². The van der Waals surface area contributed by atoms with Gasteiger partial charge in [0.25, 0.3) is 0 Å². The topological polar surface area (TPSA) is 30.8 Å². The van der Waals surface area contributed by atoms with Crippen LogP contribution in [0.4, 0.5) is 5.69 Å². The number of benzene rings is 2.